The maximum absolute atomic E-state index is 11.6. The zero-order chi connectivity index (χ0) is 15.8. The molecule has 118 valence electrons. The fourth-order valence-electron chi connectivity index (χ4n) is 2.11. The average Bonchev–Trinajstić information content (AvgIpc) is 2.65. The highest BCUT2D eigenvalue weighted by atomic mass is 31.2. The third kappa shape index (κ3) is 3.47. The normalized spacial score (nSPS) is 29.7. The molecular formula is C9H14N3O8P. The molecule has 0 saturated carbocycles. The number of aromatic nitrogens is 2. The van der Waals surface area contributed by atoms with Gasteiger partial charge in [-0.05, 0) is 0 Å². The van der Waals surface area contributed by atoms with Crippen molar-refractivity contribution in [1.29, 1.82) is 0 Å². The van der Waals surface area contributed by atoms with Crippen molar-refractivity contribution >= 4 is 7.75 Å². The summed E-state index contributed by atoms with van der Waals surface area (Å²) in [6, 6.07) is -0.269. The number of H-pyrrole nitrogens is 1. The molecule has 1 aromatic heterocycles. The van der Waals surface area contributed by atoms with Gasteiger partial charge in [-0.15, -0.1) is 0 Å². The summed E-state index contributed by atoms with van der Waals surface area (Å²) in [6.07, 6.45) is -2.91. The van der Waals surface area contributed by atoms with E-state index in [9.17, 15) is 19.3 Å². The summed E-state index contributed by atoms with van der Waals surface area (Å²) in [5.41, 5.74) is -1.51. The van der Waals surface area contributed by atoms with Crippen molar-refractivity contribution in [2.45, 2.75) is 24.5 Å². The van der Waals surface area contributed by atoms with Crippen LogP contribution in [0.2, 0.25) is 0 Å². The number of aromatic amines is 1. The first kappa shape index (κ1) is 16.0. The van der Waals surface area contributed by atoms with E-state index in [1.54, 1.807) is 0 Å². The number of nitrogens with one attached hydrogen (secondary N) is 2. The van der Waals surface area contributed by atoms with E-state index in [1.807, 2.05) is 10.1 Å². The van der Waals surface area contributed by atoms with Crippen molar-refractivity contribution in [3.05, 3.63) is 33.1 Å². The first-order valence-electron chi connectivity index (χ1n) is 5.82. The number of aliphatic hydroxyl groups is 2. The molecule has 1 aromatic rings. The molecule has 6 N–H and O–H groups in total. The standard InChI is InChI=1S/C9H14N3O8P/c13-3-4-6(11-21(17,18)19)7(15)8(20-4)12-2-1-5(14)10-9(12)16/h1-2,4,6-8,13,15H,3H2,(H,10,14,16)(H3,11,17,18,19)/t4-,6-,7-,8-/m1/s1. The van der Waals surface area contributed by atoms with Crippen molar-refractivity contribution in [2.75, 3.05) is 6.61 Å². The van der Waals surface area contributed by atoms with Gasteiger partial charge in [0.05, 0.1) is 12.6 Å². The summed E-state index contributed by atoms with van der Waals surface area (Å²) in [4.78, 5) is 42.4. The Kier molecular flexibility index (Phi) is 4.44. The van der Waals surface area contributed by atoms with Gasteiger partial charge < -0.3 is 24.7 Å². The Morgan fingerprint density at radius 1 is 1.43 bits per heavy atom. The number of aliphatic hydroxyl groups excluding tert-OH is 2. The highest BCUT2D eigenvalue weighted by molar-refractivity contribution is 7.49. The van der Waals surface area contributed by atoms with Crippen molar-refractivity contribution < 1.29 is 29.3 Å². The molecule has 1 saturated heterocycles. The van der Waals surface area contributed by atoms with Crippen molar-refractivity contribution in [3.8, 4) is 0 Å². The van der Waals surface area contributed by atoms with Gasteiger partial charge in [0.2, 0.25) is 0 Å². The molecule has 2 rings (SSSR count). The summed E-state index contributed by atoms with van der Waals surface area (Å²) in [7, 11) is -4.69. The maximum Gasteiger partial charge on any atom is 0.400 e. The van der Waals surface area contributed by atoms with E-state index in [0.717, 1.165) is 16.8 Å². The predicted octanol–water partition coefficient (Wildman–Crippen LogP) is -3.16. The van der Waals surface area contributed by atoms with Crippen LogP contribution in [-0.2, 0) is 9.30 Å². The summed E-state index contributed by atoms with van der Waals surface area (Å²) < 4.78 is 17.0. The minimum atomic E-state index is -4.69. The second-order valence-electron chi connectivity index (χ2n) is 4.45. The molecule has 12 heteroatoms. The van der Waals surface area contributed by atoms with Crippen molar-refractivity contribution in [1.82, 2.24) is 14.6 Å². The first-order valence-corrected chi connectivity index (χ1v) is 7.43. The average molecular weight is 323 g/mol. The van der Waals surface area contributed by atoms with Crippen LogP contribution in [0.5, 0.6) is 0 Å². The maximum atomic E-state index is 11.6. The van der Waals surface area contributed by atoms with Crippen LogP contribution in [0, 0.1) is 0 Å². The Labute approximate surface area is 117 Å². The Hall–Kier alpha value is -1.33. The van der Waals surface area contributed by atoms with E-state index in [4.69, 9.17) is 19.6 Å². The zero-order valence-corrected chi connectivity index (χ0v) is 11.4. The Morgan fingerprint density at radius 3 is 2.62 bits per heavy atom. The van der Waals surface area contributed by atoms with Gasteiger partial charge in [-0.2, -0.15) is 0 Å². The number of rotatable bonds is 4. The fraction of sp³-hybridized carbons (Fsp3) is 0.556. The lowest BCUT2D eigenvalue weighted by Crippen LogP contribution is -2.44. The number of nitrogens with zero attached hydrogens (tertiary/aromatic N) is 1. The van der Waals surface area contributed by atoms with E-state index in [1.165, 1.54) is 0 Å². The molecule has 1 aliphatic heterocycles. The highest BCUT2D eigenvalue weighted by Crippen LogP contribution is 2.36. The second-order valence-corrected chi connectivity index (χ2v) is 5.80. The van der Waals surface area contributed by atoms with Crippen LogP contribution in [0.4, 0.5) is 0 Å². The van der Waals surface area contributed by atoms with Gasteiger partial charge in [-0.25, -0.2) is 14.4 Å². The van der Waals surface area contributed by atoms with Crippen LogP contribution < -0.4 is 16.3 Å². The molecule has 0 spiro atoms. The molecule has 4 atom stereocenters. The van der Waals surface area contributed by atoms with Crippen LogP contribution in [0.3, 0.4) is 0 Å². The number of hydrogen-bond donors (Lipinski definition) is 6. The third-order valence-corrected chi connectivity index (χ3v) is 3.63. The Morgan fingerprint density at radius 2 is 2.10 bits per heavy atom. The van der Waals surface area contributed by atoms with Crippen LogP contribution in [-0.4, -0.2) is 54.4 Å². The smallest absolute Gasteiger partial charge is 0.394 e. The van der Waals surface area contributed by atoms with E-state index in [2.05, 4.69) is 0 Å². The Balaban J connectivity index is 2.33. The second kappa shape index (κ2) is 5.81. The molecule has 1 aliphatic rings. The van der Waals surface area contributed by atoms with Crippen LogP contribution in [0.15, 0.2) is 21.9 Å². The molecule has 1 fully saturated rings. The van der Waals surface area contributed by atoms with E-state index < -0.39 is 50.1 Å². The topological polar surface area (TPSA) is 174 Å². The lowest BCUT2D eigenvalue weighted by Gasteiger charge is -2.21. The van der Waals surface area contributed by atoms with Crippen molar-refractivity contribution in [3.63, 3.8) is 0 Å². The molecule has 11 nitrogen and oxygen atoms in total. The van der Waals surface area contributed by atoms with Gasteiger partial charge in [0.1, 0.15) is 12.2 Å². The number of ether oxygens (including phenoxy) is 1. The van der Waals surface area contributed by atoms with Gasteiger partial charge in [0.15, 0.2) is 6.23 Å². The first-order chi connectivity index (χ1) is 9.73. The fourth-order valence-corrected chi connectivity index (χ4v) is 2.82. The molecular weight excluding hydrogens is 309 g/mol. The predicted molar refractivity (Wildman–Crippen MR) is 67.3 cm³/mol. The molecule has 0 amide bonds. The minimum absolute atomic E-state index is 0.636. The summed E-state index contributed by atoms with van der Waals surface area (Å²) in [5.74, 6) is 0. The molecule has 21 heavy (non-hydrogen) atoms. The third-order valence-electron chi connectivity index (χ3n) is 3.00. The van der Waals surface area contributed by atoms with Gasteiger partial charge >= 0.3 is 13.4 Å². The number of hydrogen-bond acceptors (Lipinski definition) is 6. The summed E-state index contributed by atoms with van der Waals surface area (Å²) >= 11 is 0. The molecule has 0 aliphatic carbocycles. The SMILES string of the molecule is O=c1ccn([C@@H]2O[C@H](CO)[C@@H](NP(=O)(O)O)[C@H]2O)c(=O)[nH]1. The van der Waals surface area contributed by atoms with Crippen molar-refractivity contribution in [2.24, 2.45) is 0 Å². The quantitative estimate of drug-likeness (QED) is 0.312. The van der Waals surface area contributed by atoms with Crippen LogP contribution in [0.25, 0.3) is 0 Å². The van der Waals surface area contributed by atoms with E-state index in [0.29, 0.717) is 0 Å². The van der Waals surface area contributed by atoms with Gasteiger partial charge in [-0.1, -0.05) is 0 Å². The van der Waals surface area contributed by atoms with Gasteiger partial charge in [0.25, 0.3) is 5.56 Å². The molecule has 0 aromatic carbocycles. The molecule has 0 radical (unpaired) electrons. The lowest BCUT2D eigenvalue weighted by molar-refractivity contribution is -0.0532. The highest BCUT2D eigenvalue weighted by Gasteiger charge is 2.46. The van der Waals surface area contributed by atoms with Gasteiger partial charge in [-0.3, -0.25) is 14.3 Å². The molecule has 0 unspecified atom stereocenters. The minimum Gasteiger partial charge on any atom is -0.394 e. The summed E-state index contributed by atoms with van der Waals surface area (Å²) in [5, 5.41) is 21.1. The Bertz CT molecular complexity index is 665. The zero-order valence-electron chi connectivity index (χ0n) is 10.5. The monoisotopic (exact) mass is 323 g/mol. The van der Waals surface area contributed by atoms with Crippen LogP contribution in [0.1, 0.15) is 6.23 Å². The van der Waals surface area contributed by atoms with E-state index in [-0.39, 0.29) is 0 Å². The van der Waals surface area contributed by atoms with Crippen LogP contribution >= 0.6 is 7.75 Å². The summed E-state index contributed by atoms with van der Waals surface area (Å²) in [6.45, 7) is -0.636. The lowest BCUT2D eigenvalue weighted by atomic mass is 10.1. The molecule has 2 heterocycles. The largest absolute Gasteiger partial charge is 0.400 e. The molecule has 0 bridgehead atoms. The van der Waals surface area contributed by atoms with Gasteiger partial charge in [0, 0.05) is 12.3 Å². The van der Waals surface area contributed by atoms with E-state index >= 15 is 0 Å².